The van der Waals surface area contributed by atoms with Crippen LogP contribution in [0, 0.1) is 11.8 Å². The summed E-state index contributed by atoms with van der Waals surface area (Å²) >= 11 is 0. The van der Waals surface area contributed by atoms with Gasteiger partial charge in [0.1, 0.15) is 6.54 Å². The van der Waals surface area contributed by atoms with Crippen LogP contribution in [0.2, 0.25) is 5.04 Å². The van der Waals surface area contributed by atoms with E-state index >= 15 is 0 Å². The van der Waals surface area contributed by atoms with Crippen molar-refractivity contribution < 1.29 is 28.3 Å². The number of amides is 1. The van der Waals surface area contributed by atoms with Crippen LogP contribution in [0.1, 0.15) is 280 Å². The average Bonchev–Trinajstić information content (AvgIpc) is 3.47. The van der Waals surface area contributed by atoms with Crippen LogP contribution in [-0.2, 0) is 28.3 Å². The number of nitrogens with one attached hydrogen (secondary N) is 1. The Morgan fingerprint density at radius 2 is 0.844 bits per heavy atom. The Labute approximate surface area is 476 Å². The van der Waals surface area contributed by atoms with E-state index in [0.717, 1.165) is 103 Å². The lowest BCUT2D eigenvalue weighted by molar-refractivity contribution is -0.149. The van der Waals surface area contributed by atoms with Crippen LogP contribution < -0.4 is 15.7 Å². The molecule has 442 valence electrons. The number of likely N-dealkylation sites (N-methyl/N-ethyl adjacent to an activating group) is 1. The molecular formula is C68H120N2O6Si. The van der Waals surface area contributed by atoms with Crippen molar-refractivity contribution in [3.63, 3.8) is 0 Å². The molecule has 0 aliphatic heterocycles. The van der Waals surface area contributed by atoms with E-state index in [1.54, 1.807) is 11.9 Å². The minimum absolute atomic E-state index is 0.00291. The Morgan fingerprint density at radius 3 is 1.30 bits per heavy atom. The molecule has 8 nitrogen and oxygen atoms in total. The number of carbonyl (C=O) groups is 3. The highest BCUT2D eigenvalue weighted by Crippen LogP contribution is 2.37. The first kappa shape index (κ1) is 70.1. The van der Waals surface area contributed by atoms with Crippen molar-refractivity contribution in [2.24, 2.45) is 11.8 Å². The van der Waals surface area contributed by atoms with Crippen molar-refractivity contribution in [2.75, 3.05) is 40.0 Å². The zero-order chi connectivity index (χ0) is 56.1. The number of hydrogen-bond donors (Lipinski definition) is 1. The van der Waals surface area contributed by atoms with E-state index < -0.39 is 8.32 Å². The highest BCUT2D eigenvalue weighted by Gasteiger charge is 2.50. The summed E-state index contributed by atoms with van der Waals surface area (Å²) in [5, 5.41) is 6.53. The van der Waals surface area contributed by atoms with Crippen molar-refractivity contribution in [3.8, 4) is 0 Å². The van der Waals surface area contributed by atoms with Crippen LogP contribution in [0.15, 0.2) is 60.7 Å². The minimum Gasteiger partial charge on any atom is -0.466 e. The molecule has 9 heteroatoms. The Morgan fingerprint density at radius 1 is 0.468 bits per heavy atom. The lowest BCUT2D eigenvalue weighted by Gasteiger charge is -2.43. The largest absolute Gasteiger partial charge is 0.466 e. The molecule has 0 fully saturated rings. The number of ether oxygens (including phenoxy) is 2. The number of rotatable bonds is 51. The molecule has 0 saturated heterocycles. The van der Waals surface area contributed by atoms with Crippen LogP contribution in [0.5, 0.6) is 0 Å². The molecule has 3 atom stereocenters. The smallest absolute Gasteiger partial charge is 0.325 e. The molecule has 0 spiro atoms. The van der Waals surface area contributed by atoms with Gasteiger partial charge in [-0.2, -0.15) is 0 Å². The number of unbranched alkanes of at least 4 members (excludes halogenated alkanes) is 21. The summed E-state index contributed by atoms with van der Waals surface area (Å²) < 4.78 is 18.8. The maximum absolute atomic E-state index is 13.3. The van der Waals surface area contributed by atoms with Crippen LogP contribution >= 0.6 is 0 Å². The zero-order valence-electron chi connectivity index (χ0n) is 51.4. The molecule has 2 aromatic rings. The second-order valence-electron chi connectivity index (χ2n) is 24.2. The maximum Gasteiger partial charge on any atom is 0.325 e. The third kappa shape index (κ3) is 32.7. The number of esters is 2. The lowest BCUT2D eigenvalue weighted by atomic mass is 9.91. The van der Waals surface area contributed by atoms with Gasteiger partial charge in [0.2, 0.25) is 5.91 Å². The maximum atomic E-state index is 13.3. The highest BCUT2D eigenvalue weighted by molar-refractivity contribution is 6.99. The van der Waals surface area contributed by atoms with Gasteiger partial charge < -0.3 is 24.1 Å². The van der Waals surface area contributed by atoms with Gasteiger partial charge in [0.25, 0.3) is 8.32 Å². The fourth-order valence-electron chi connectivity index (χ4n) is 11.4. The first-order valence-electron chi connectivity index (χ1n) is 32.4. The number of benzene rings is 2. The van der Waals surface area contributed by atoms with Gasteiger partial charge in [-0.3, -0.25) is 14.4 Å². The molecular weight excluding hydrogens is 969 g/mol. The van der Waals surface area contributed by atoms with Crippen molar-refractivity contribution in [1.82, 2.24) is 10.2 Å². The Balaban J connectivity index is 1.91. The van der Waals surface area contributed by atoms with E-state index in [-0.39, 0.29) is 29.4 Å². The fourth-order valence-corrected chi connectivity index (χ4v) is 16.1. The van der Waals surface area contributed by atoms with Gasteiger partial charge in [-0.15, -0.1) is 0 Å². The molecule has 0 bridgehead atoms. The van der Waals surface area contributed by atoms with Crippen LogP contribution in [-0.4, -0.2) is 77.1 Å². The molecule has 2 aromatic carbocycles. The van der Waals surface area contributed by atoms with Crippen LogP contribution in [0.3, 0.4) is 0 Å². The van der Waals surface area contributed by atoms with Crippen molar-refractivity contribution in [2.45, 2.75) is 291 Å². The van der Waals surface area contributed by atoms with Gasteiger partial charge in [0, 0.05) is 32.5 Å². The van der Waals surface area contributed by atoms with Crippen molar-refractivity contribution in [3.05, 3.63) is 60.7 Å². The number of carbonyl (C=O) groups excluding carboxylic acids is 3. The van der Waals surface area contributed by atoms with Crippen molar-refractivity contribution >= 4 is 36.5 Å². The van der Waals surface area contributed by atoms with Crippen LogP contribution in [0.25, 0.3) is 0 Å². The van der Waals surface area contributed by atoms with E-state index in [2.05, 4.69) is 114 Å². The summed E-state index contributed by atoms with van der Waals surface area (Å²) in [6.45, 7) is 18.6. The molecule has 0 radical (unpaired) electrons. The van der Waals surface area contributed by atoms with Gasteiger partial charge >= 0.3 is 11.9 Å². The molecule has 0 aromatic heterocycles. The Kier molecular flexibility index (Phi) is 41.6. The summed E-state index contributed by atoms with van der Waals surface area (Å²) in [7, 11) is -0.807. The Hall–Kier alpha value is -3.01. The molecule has 0 saturated carbocycles. The molecule has 1 N–H and O–H groups in total. The quantitative estimate of drug-likeness (QED) is 0.0401. The molecule has 0 aliphatic rings. The summed E-state index contributed by atoms with van der Waals surface area (Å²) in [6.07, 6.45) is 40.9. The predicted octanol–water partition coefficient (Wildman–Crippen LogP) is 17.4. The average molecular weight is 1090 g/mol. The lowest BCUT2D eigenvalue weighted by Crippen LogP contribution is -2.66. The van der Waals surface area contributed by atoms with E-state index in [1.807, 2.05) is 0 Å². The van der Waals surface area contributed by atoms with Gasteiger partial charge in [0.15, 0.2) is 0 Å². The highest BCUT2D eigenvalue weighted by atomic mass is 28.4. The molecule has 0 heterocycles. The Bertz CT molecular complexity index is 1660. The predicted molar refractivity (Wildman–Crippen MR) is 331 cm³/mol. The van der Waals surface area contributed by atoms with Crippen LogP contribution in [0.4, 0.5) is 0 Å². The number of hydrogen-bond acceptors (Lipinski definition) is 7. The van der Waals surface area contributed by atoms with Gasteiger partial charge in [-0.1, -0.05) is 263 Å². The third-order valence-electron chi connectivity index (χ3n) is 16.2. The van der Waals surface area contributed by atoms with Crippen molar-refractivity contribution in [1.29, 1.82) is 0 Å². The second kappa shape index (κ2) is 45.7. The van der Waals surface area contributed by atoms with E-state index in [1.165, 1.54) is 139 Å². The molecule has 1 amide bonds. The van der Waals surface area contributed by atoms with Gasteiger partial charge in [-0.25, -0.2) is 0 Å². The summed E-state index contributed by atoms with van der Waals surface area (Å²) in [4.78, 5) is 40.9. The van der Waals surface area contributed by atoms with E-state index in [9.17, 15) is 14.4 Å². The molecule has 77 heavy (non-hydrogen) atoms. The summed E-state index contributed by atoms with van der Waals surface area (Å²) in [5.41, 5.74) is 0. The number of nitrogens with zero attached hydrogens (tertiary/aromatic N) is 1. The fraction of sp³-hybridized carbons (Fsp3) is 0.779. The third-order valence-corrected chi connectivity index (χ3v) is 21.3. The second-order valence-corrected chi connectivity index (χ2v) is 28.5. The van der Waals surface area contributed by atoms with Gasteiger partial charge in [-0.05, 0) is 98.0 Å². The molecule has 3 unspecified atom stereocenters. The standard InChI is InChI=1S/C68H120N2O6Si/c1-9-13-17-21-23-31-44-60(43-29-19-15-11-3)57-65(71)70(8)59-67(73)75-55-41-28-34-48-62(47-33-27-40-54-74-66(72)58-61(45-30-20-16-12-4)46-32-24-22-18-14-10-2)69-53-39-42-56-76-77(68(5,6)7,63-49-35-25-36-50-63)64-51-37-26-38-52-64/h25-26,35-38,49-52,60-62,69H,9-24,27-34,39-48,53-59H2,1-8H3. The van der Waals surface area contributed by atoms with E-state index in [4.69, 9.17) is 13.9 Å². The summed E-state index contributed by atoms with van der Waals surface area (Å²) in [5.74, 6) is 0.604. The monoisotopic (exact) mass is 1090 g/mol. The summed E-state index contributed by atoms with van der Waals surface area (Å²) in [6, 6.07) is 22.2. The SMILES string of the molecule is CCCCCCCCC(CCCCCC)CC(=O)OCCCCCC(CCCCCOC(=O)CN(C)C(=O)CC(CCCCCC)CCCCCCCC)NCCCCO[Si](c1ccccc1)(c1ccccc1)C(C)(C)C. The first-order chi connectivity index (χ1) is 37.4. The zero-order valence-corrected chi connectivity index (χ0v) is 52.4. The minimum atomic E-state index is -2.57. The normalized spacial score (nSPS) is 13.1. The molecule has 0 aliphatic carbocycles. The van der Waals surface area contributed by atoms with Gasteiger partial charge in [0.05, 0.1) is 13.2 Å². The molecule has 2 rings (SSSR count). The van der Waals surface area contributed by atoms with E-state index in [0.29, 0.717) is 43.9 Å². The first-order valence-corrected chi connectivity index (χ1v) is 34.4. The topological polar surface area (TPSA) is 94.2 Å².